The van der Waals surface area contributed by atoms with Crippen LogP contribution in [0.25, 0.3) is 11.0 Å². The van der Waals surface area contributed by atoms with Gasteiger partial charge in [0.1, 0.15) is 5.82 Å². The van der Waals surface area contributed by atoms with Gasteiger partial charge >= 0.3 is 0 Å². The van der Waals surface area contributed by atoms with Crippen molar-refractivity contribution in [3.63, 3.8) is 0 Å². The fourth-order valence-electron chi connectivity index (χ4n) is 5.82. The Morgan fingerprint density at radius 1 is 1.12 bits per heavy atom. The second kappa shape index (κ2) is 8.92. The van der Waals surface area contributed by atoms with E-state index in [4.69, 9.17) is 9.72 Å². The van der Waals surface area contributed by atoms with Crippen molar-refractivity contribution in [2.45, 2.75) is 58.1 Å². The van der Waals surface area contributed by atoms with Crippen LogP contribution in [0, 0.1) is 12.8 Å². The van der Waals surface area contributed by atoms with E-state index in [0.29, 0.717) is 17.9 Å². The number of aromatic nitrogens is 2. The van der Waals surface area contributed by atoms with Crippen molar-refractivity contribution < 1.29 is 4.74 Å². The molecule has 3 aromatic rings. The molecule has 0 spiro atoms. The lowest BCUT2D eigenvalue weighted by atomic mass is 9.97. The van der Waals surface area contributed by atoms with Gasteiger partial charge in [-0.2, -0.15) is 0 Å². The highest BCUT2D eigenvalue weighted by atomic mass is 79.9. The first-order chi connectivity index (χ1) is 15.4. The van der Waals surface area contributed by atoms with Gasteiger partial charge in [0, 0.05) is 37.1 Å². The molecule has 0 radical (unpaired) electrons. The fraction of sp³-hybridized carbons (Fsp3) is 0.519. The maximum absolute atomic E-state index is 6.11. The van der Waals surface area contributed by atoms with Gasteiger partial charge in [-0.15, -0.1) is 0 Å². The third-order valence-electron chi connectivity index (χ3n) is 7.33. The SMILES string of the molecule is CO[C@H]1CN(C[C@H]2Cc3ccc(Br)cc3C2)CC[C@H]1n1c(C(C)C)nc2cc(C)ccc21. The molecule has 170 valence electrons. The van der Waals surface area contributed by atoms with Gasteiger partial charge in [0.2, 0.25) is 0 Å². The van der Waals surface area contributed by atoms with Gasteiger partial charge in [-0.05, 0) is 73.1 Å². The molecular weight excluding hydrogens is 462 g/mol. The number of methoxy groups -OCH3 is 1. The molecule has 0 amide bonds. The minimum atomic E-state index is 0.179. The van der Waals surface area contributed by atoms with Gasteiger partial charge in [0.25, 0.3) is 0 Å². The number of likely N-dealkylation sites (tertiary alicyclic amines) is 1. The first-order valence-electron chi connectivity index (χ1n) is 11.9. The molecule has 5 heteroatoms. The van der Waals surface area contributed by atoms with Crippen molar-refractivity contribution in [3.05, 3.63) is 63.4 Å². The predicted molar refractivity (Wildman–Crippen MR) is 134 cm³/mol. The number of imidazole rings is 1. The predicted octanol–water partition coefficient (Wildman–Crippen LogP) is 5.91. The second-order valence-corrected chi connectivity index (χ2v) is 11.0. The zero-order valence-corrected chi connectivity index (χ0v) is 21.2. The lowest BCUT2D eigenvalue weighted by Crippen LogP contribution is -2.47. The number of ether oxygens (including phenoxy) is 1. The number of nitrogens with zero attached hydrogens (tertiary/aromatic N) is 3. The molecule has 5 rings (SSSR count). The summed E-state index contributed by atoms with van der Waals surface area (Å²) in [6.07, 6.45) is 3.67. The van der Waals surface area contributed by atoms with E-state index >= 15 is 0 Å². The number of piperidine rings is 1. The summed E-state index contributed by atoms with van der Waals surface area (Å²) in [5, 5.41) is 0. The molecule has 2 aromatic carbocycles. The van der Waals surface area contributed by atoms with Crippen molar-refractivity contribution in [1.29, 1.82) is 0 Å². The molecular formula is C27H34BrN3O. The largest absolute Gasteiger partial charge is 0.378 e. The number of benzene rings is 2. The number of hydrogen-bond donors (Lipinski definition) is 0. The van der Waals surface area contributed by atoms with Crippen molar-refractivity contribution in [1.82, 2.24) is 14.5 Å². The lowest BCUT2D eigenvalue weighted by molar-refractivity contribution is -0.00966. The van der Waals surface area contributed by atoms with Crippen molar-refractivity contribution in [3.8, 4) is 0 Å². The molecule has 0 bridgehead atoms. The van der Waals surface area contributed by atoms with Crippen LogP contribution in [0.1, 0.15) is 54.7 Å². The Bertz CT molecular complexity index is 1120. The van der Waals surface area contributed by atoms with Crippen LogP contribution < -0.4 is 0 Å². The monoisotopic (exact) mass is 495 g/mol. The molecule has 0 N–H and O–H groups in total. The lowest BCUT2D eigenvalue weighted by Gasteiger charge is -2.40. The fourth-order valence-corrected chi connectivity index (χ4v) is 6.22. The Morgan fingerprint density at radius 3 is 2.72 bits per heavy atom. The number of aryl methyl sites for hydroxylation is 1. The highest BCUT2D eigenvalue weighted by Gasteiger charge is 2.35. The van der Waals surface area contributed by atoms with E-state index < -0.39 is 0 Å². The number of fused-ring (bicyclic) bond motifs is 2. The molecule has 1 aliphatic carbocycles. The van der Waals surface area contributed by atoms with Crippen LogP contribution in [0.5, 0.6) is 0 Å². The second-order valence-electron chi connectivity index (χ2n) is 10.1. The zero-order chi connectivity index (χ0) is 22.4. The summed E-state index contributed by atoms with van der Waals surface area (Å²) in [6, 6.07) is 13.8. The average Bonchev–Trinajstić information content (AvgIpc) is 3.33. The molecule has 0 saturated carbocycles. The molecule has 1 saturated heterocycles. The third-order valence-corrected chi connectivity index (χ3v) is 7.83. The van der Waals surface area contributed by atoms with Crippen LogP contribution in [0.2, 0.25) is 0 Å². The smallest absolute Gasteiger partial charge is 0.112 e. The van der Waals surface area contributed by atoms with Crippen molar-refractivity contribution >= 4 is 27.0 Å². The van der Waals surface area contributed by atoms with Gasteiger partial charge < -0.3 is 14.2 Å². The molecule has 1 aliphatic heterocycles. The van der Waals surface area contributed by atoms with E-state index in [2.05, 4.69) is 82.6 Å². The highest BCUT2D eigenvalue weighted by Crippen LogP contribution is 2.35. The van der Waals surface area contributed by atoms with E-state index in [1.165, 1.54) is 45.3 Å². The Balaban J connectivity index is 1.34. The quantitative estimate of drug-likeness (QED) is 0.440. The van der Waals surface area contributed by atoms with Crippen LogP contribution in [0.4, 0.5) is 0 Å². The Morgan fingerprint density at radius 2 is 1.94 bits per heavy atom. The molecule has 2 aliphatic rings. The number of rotatable bonds is 5. The summed E-state index contributed by atoms with van der Waals surface area (Å²) < 4.78 is 9.80. The molecule has 3 atom stereocenters. The standard InChI is InChI=1S/C27H34BrN3O/c1-17(2)27-29-23-11-18(3)5-8-24(23)31(27)25-9-10-30(16-26(25)32-4)15-19-12-20-6-7-22(28)14-21(20)13-19/h5-8,11,14,17,19,25-26H,9-10,12-13,15-16H2,1-4H3/t19-,25+,26-/m0/s1. The number of hydrogen-bond acceptors (Lipinski definition) is 3. The van der Waals surface area contributed by atoms with E-state index in [9.17, 15) is 0 Å². The minimum Gasteiger partial charge on any atom is -0.378 e. The van der Waals surface area contributed by atoms with Crippen LogP contribution >= 0.6 is 15.9 Å². The molecule has 2 heterocycles. The van der Waals surface area contributed by atoms with Crippen LogP contribution in [0.15, 0.2) is 40.9 Å². The zero-order valence-electron chi connectivity index (χ0n) is 19.6. The topological polar surface area (TPSA) is 30.3 Å². The molecule has 1 fully saturated rings. The van der Waals surface area contributed by atoms with Gasteiger partial charge in [-0.25, -0.2) is 4.98 Å². The summed E-state index contributed by atoms with van der Waals surface area (Å²) >= 11 is 3.63. The van der Waals surface area contributed by atoms with Gasteiger partial charge in [0.05, 0.1) is 23.2 Å². The van der Waals surface area contributed by atoms with Crippen LogP contribution in [0.3, 0.4) is 0 Å². The Labute approximate surface area is 200 Å². The Hall–Kier alpha value is -1.69. The minimum absolute atomic E-state index is 0.179. The molecule has 32 heavy (non-hydrogen) atoms. The summed E-state index contributed by atoms with van der Waals surface area (Å²) in [5.41, 5.74) is 6.67. The van der Waals surface area contributed by atoms with E-state index in [1.54, 1.807) is 0 Å². The van der Waals surface area contributed by atoms with Crippen LogP contribution in [-0.2, 0) is 17.6 Å². The summed E-state index contributed by atoms with van der Waals surface area (Å²) in [6.45, 7) is 9.89. The third kappa shape index (κ3) is 4.15. The number of halogens is 1. The average molecular weight is 496 g/mol. The summed E-state index contributed by atoms with van der Waals surface area (Å²) in [7, 11) is 1.88. The molecule has 0 unspecified atom stereocenters. The summed E-state index contributed by atoms with van der Waals surface area (Å²) in [5.74, 6) is 2.27. The molecule has 4 nitrogen and oxygen atoms in total. The maximum Gasteiger partial charge on any atom is 0.112 e. The van der Waals surface area contributed by atoms with E-state index in [-0.39, 0.29) is 6.10 Å². The molecule has 1 aromatic heterocycles. The van der Waals surface area contributed by atoms with Crippen molar-refractivity contribution in [2.75, 3.05) is 26.7 Å². The van der Waals surface area contributed by atoms with E-state index in [1.807, 2.05) is 7.11 Å². The van der Waals surface area contributed by atoms with Crippen LogP contribution in [-0.4, -0.2) is 47.3 Å². The maximum atomic E-state index is 6.11. The van der Waals surface area contributed by atoms with Gasteiger partial charge in [-0.3, -0.25) is 0 Å². The normalized spacial score (nSPS) is 23.9. The Kier molecular flexibility index (Phi) is 6.17. The van der Waals surface area contributed by atoms with Gasteiger partial charge in [0.15, 0.2) is 0 Å². The first kappa shape index (κ1) is 22.1. The highest BCUT2D eigenvalue weighted by molar-refractivity contribution is 9.10. The van der Waals surface area contributed by atoms with Gasteiger partial charge in [-0.1, -0.05) is 41.9 Å². The first-order valence-corrected chi connectivity index (χ1v) is 12.7. The summed E-state index contributed by atoms with van der Waals surface area (Å²) in [4.78, 5) is 7.67. The van der Waals surface area contributed by atoms with E-state index in [0.717, 1.165) is 31.6 Å². The van der Waals surface area contributed by atoms with Crippen molar-refractivity contribution in [2.24, 2.45) is 5.92 Å².